The second-order valence-corrected chi connectivity index (χ2v) is 24.1. The third kappa shape index (κ3) is 20.9. The number of aliphatic hydroxyl groups excluding tert-OH is 1. The van der Waals surface area contributed by atoms with Crippen molar-refractivity contribution < 1.29 is 102 Å². The topological polar surface area (TPSA) is 324 Å². The maximum absolute atomic E-state index is 12.4. The zero-order valence-corrected chi connectivity index (χ0v) is 55.9. The van der Waals surface area contributed by atoms with Gasteiger partial charge in [-0.25, -0.2) is 28.0 Å². The van der Waals surface area contributed by atoms with Crippen LogP contribution in [0.3, 0.4) is 0 Å². The van der Waals surface area contributed by atoms with Gasteiger partial charge in [-0.15, -0.1) is 11.6 Å². The van der Waals surface area contributed by atoms with E-state index in [-0.39, 0.29) is 83.6 Å². The Hall–Kier alpha value is -6.68. The summed E-state index contributed by atoms with van der Waals surface area (Å²) in [7, 11) is 0. The largest absolute Gasteiger partial charge is 1.00 e. The minimum Gasteiger partial charge on any atom is -0.545 e. The summed E-state index contributed by atoms with van der Waals surface area (Å²) in [6.07, 6.45) is 1.46. The first-order valence-corrected chi connectivity index (χ1v) is 29.5. The van der Waals surface area contributed by atoms with Gasteiger partial charge in [0.1, 0.15) is 22.2 Å². The van der Waals surface area contributed by atoms with Gasteiger partial charge in [0, 0.05) is 52.4 Å². The third-order valence-corrected chi connectivity index (χ3v) is 15.7. The van der Waals surface area contributed by atoms with Crippen molar-refractivity contribution in [2.24, 2.45) is 5.73 Å². The average Bonchev–Trinajstić information content (AvgIpc) is 1.76. The molecule has 4 aromatic carbocycles. The van der Waals surface area contributed by atoms with Crippen LogP contribution in [0.15, 0.2) is 109 Å². The van der Waals surface area contributed by atoms with Gasteiger partial charge in [-0.2, -0.15) is 0 Å². The van der Waals surface area contributed by atoms with E-state index in [0.717, 1.165) is 36.4 Å². The van der Waals surface area contributed by atoms with Gasteiger partial charge in [-0.3, -0.25) is 55.6 Å². The van der Waals surface area contributed by atoms with Crippen LogP contribution in [0.1, 0.15) is 111 Å². The van der Waals surface area contributed by atoms with Crippen LogP contribution in [0.25, 0.3) is 0 Å². The molecule has 11 rings (SSSR count). The molecule has 7 saturated heterocycles. The van der Waals surface area contributed by atoms with E-state index in [0.29, 0.717) is 86.3 Å². The number of nitrogens with two attached hydrogens (primary N) is 1. The van der Waals surface area contributed by atoms with E-state index in [9.17, 15) is 53.1 Å². The van der Waals surface area contributed by atoms with Crippen molar-refractivity contribution >= 4 is 101 Å². The predicted molar refractivity (Wildman–Crippen MR) is 329 cm³/mol. The monoisotopic (exact) mass is 1310 g/mol. The number of nitrogens with one attached hydrogen (secondary N) is 3. The van der Waals surface area contributed by atoms with Gasteiger partial charge in [-0.1, -0.05) is 109 Å². The molecule has 90 heavy (non-hydrogen) atoms. The van der Waals surface area contributed by atoms with Crippen LogP contribution in [0.4, 0.5) is 19.2 Å². The number of carbonyl (C=O) groups is 10. The molecule has 0 radical (unpaired) electrons. The molecule has 4 atom stereocenters. The number of epoxide rings is 3. The Bertz CT molecular complexity index is 3170. The number of benzene rings is 4. The van der Waals surface area contributed by atoms with E-state index in [2.05, 4.69) is 22.7 Å². The van der Waals surface area contributed by atoms with Gasteiger partial charge < -0.3 is 40.5 Å². The molecule has 7 heterocycles. The van der Waals surface area contributed by atoms with E-state index in [4.69, 9.17) is 59.9 Å². The average molecular weight is 1320 g/mol. The maximum Gasteiger partial charge on any atom is 1.00 e. The van der Waals surface area contributed by atoms with Gasteiger partial charge in [0.05, 0.1) is 69.8 Å². The van der Waals surface area contributed by atoms with Crippen molar-refractivity contribution in [3.8, 4) is 0 Å². The Labute approximate surface area is 560 Å². The van der Waals surface area contributed by atoms with Crippen LogP contribution in [0.5, 0.6) is 0 Å². The number of aliphatic hydroxyl groups is 1. The summed E-state index contributed by atoms with van der Waals surface area (Å²) in [6, 6.07) is 31.4. The van der Waals surface area contributed by atoms with Gasteiger partial charge in [0.2, 0.25) is 0 Å². The molecule has 7 aliphatic heterocycles. The number of carbonyl (C=O) groups excluding carboxylic acids is 11. The minimum absolute atomic E-state index is 0. The van der Waals surface area contributed by atoms with Crippen molar-refractivity contribution in [3.63, 3.8) is 0 Å². The Morgan fingerprint density at radius 1 is 0.589 bits per heavy atom. The molecule has 0 spiro atoms. The molecular weight excluding hydrogens is 1240 g/mol. The number of hydrogen-bond donors (Lipinski definition) is 5. The number of urea groups is 4. The number of nitrogens with zero attached hydrogens (tertiary/aromatic N) is 5. The second-order valence-electron chi connectivity index (χ2n) is 23.1. The number of ether oxygens (including phenoxy) is 3. The van der Waals surface area contributed by atoms with Crippen LogP contribution in [-0.4, -0.2) is 187 Å². The molecule has 0 saturated carbocycles. The number of halogens is 3. The number of ketones is 2. The molecule has 0 bridgehead atoms. The molecule has 7 fully saturated rings. The fraction of sp³-hybridized carbons (Fsp3) is 0.435. The fourth-order valence-electron chi connectivity index (χ4n) is 8.51. The molecule has 4 unspecified atom stereocenters. The van der Waals surface area contributed by atoms with Crippen LogP contribution in [-0.2, 0) is 51.1 Å². The molecule has 0 aliphatic carbocycles. The van der Waals surface area contributed by atoms with Crippen LogP contribution in [0.2, 0.25) is 0 Å². The number of β-amino-alcohol motifs (C(OH)–C–C–N with tert-alkyl or cyclic N) is 1. The molecule has 480 valence electrons. The van der Waals surface area contributed by atoms with Gasteiger partial charge >= 0.3 is 53.7 Å². The Balaban J connectivity index is 0.000000246. The molecule has 28 heteroatoms. The minimum atomic E-state index is -1.11. The normalized spacial score (nSPS) is 20.8. The number of hydrogen-bond acceptors (Lipinski definition) is 16. The van der Waals surface area contributed by atoms with Crippen molar-refractivity contribution in [1.29, 1.82) is 0 Å². The third-order valence-electron chi connectivity index (χ3n) is 14.3. The van der Waals surface area contributed by atoms with Crippen molar-refractivity contribution in [2.75, 3.05) is 45.3 Å². The molecule has 6 N–H and O–H groups in total. The Morgan fingerprint density at radius 2 is 0.989 bits per heavy atom. The second kappa shape index (κ2) is 33.6. The summed E-state index contributed by atoms with van der Waals surface area (Å²) in [5.74, 6) is -0.438. The smallest absolute Gasteiger partial charge is 0.545 e. The molecule has 7 aliphatic rings. The standard InChI is InChI=1S/C23H25ClN2O4.C14H13NO.C8H11ClN2O3.C8H12N2O3.C5H8N2O2.C3H5ClO.CHO.Na/c1-23(2)21(29)25(22(30)26(23)24)15-19(27)10-6-7-16-11-13-18(14-12-16)20(28)17-8-4-3-5-9-17;15-10-11-6-8-13(9-7-11)14(16)12-4-2-1-3-5-12;1-8(2)6(12)10(3-5-4-14-5)7(13)11(8)9;1-8(2)6(11)10(7(12)9-8)3-5-4-13-5;1-5(2)3(8)6-4(9)7-5;4-1-3-2-5-3;1-2;/h3-5,8-9,11-14,19,27H,6-7,10,15H2,1-2H3;1-9H,10,15H2;5H,3-4H2,1-2H3;5H,3-4H2,1-2H3,(H,9,12);1-2H3,(H2,6,7,8,9);3H,1-2H2;1H;/q;;;;;;-1;+1. The van der Waals surface area contributed by atoms with Crippen LogP contribution >= 0.6 is 35.2 Å². The molecule has 24 nitrogen and oxygen atoms in total. The zero-order chi connectivity index (χ0) is 66.2. The Morgan fingerprint density at radius 3 is 1.30 bits per heavy atom. The number of aryl methyl sites for hydroxylation is 1. The first kappa shape index (κ1) is 75.8. The van der Waals surface area contributed by atoms with E-state index < -0.39 is 52.3 Å². The summed E-state index contributed by atoms with van der Waals surface area (Å²) in [6.45, 7) is 19.6. The van der Waals surface area contributed by atoms with Gasteiger partial charge in [0.15, 0.2) is 11.6 Å². The van der Waals surface area contributed by atoms with Crippen molar-refractivity contribution in [1.82, 2.24) is 39.5 Å². The number of alkyl halides is 1. The van der Waals surface area contributed by atoms with Crippen LogP contribution in [0, 0.1) is 0 Å². The van der Waals surface area contributed by atoms with Gasteiger partial charge in [0.25, 0.3) is 23.6 Å². The van der Waals surface area contributed by atoms with E-state index >= 15 is 0 Å². The molecule has 12 amide bonds. The van der Waals surface area contributed by atoms with Crippen LogP contribution < -0.4 is 51.2 Å². The zero-order valence-electron chi connectivity index (χ0n) is 51.7. The summed E-state index contributed by atoms with van der Waals surface area (Å²) in [5, 5.41) is 17.4. The number of imide groups is 4. The fourth-order valence-corrected chi connectivity index (χ4v) is 9.02. The molecule has 4 aromatic rings. The van der Waals surface area contributed by atoms with Crippen molar-refractivity contribution in [2.45, 2.75) is 128 Å². The van der Waals surface area contributed by atoms with E-state index in [1.54, 1.807) is 79.7 Å². The summed E-state index contributed by atoms with van der Waals surface area (Å²) < 4.78 is 16.5. The predicted octanol–water partition coefficient (Wildman–Crippen LogP) is 3.43. The van der Waals surface area contributed by atoms with E-state index in [1.165, 1.54) is 4.90 Å². The molecule has 0 aromatic heterocycles. The quantitative estimate of drug-likeness (QED) is 0.0157. The van der Waals surface area contributed by atoms with Gasteiger partial charge in [-0.05, 0) is 85.8 Å². The molecular formula is C62H75Cl3N9NaO15. The Kier molecular flexibility index (Phi) is 28.3. The SMILES string of the molecule is CC1(C)C(=O)N(CC(O)CCCc2ccc(C(=O)c3ccccc3)cc2)C(=O)N1Cl.CC1(C)C(=O)N(CC2CO2)C(=O)N1Cl.CC1(C)NC(=O)N(CC2CO2)C1=O.CC1(C)NC(=O)NC1=O.ClCC1CO1.NCc1ccc(C(=O)c2ccccc2)cc1.[CH-]=O.[Na+]. The summed E-state index contributed by atoms with van der Waals surface area (Å²) in [5.41, 5.74) is 6.72. The summed E-state index contributed by atoms with van der Waals surface area (Å²) in [4.78, 5) is 127. The van der Waals surface area contributed by atoms with E-state index in [1.807, 2.05) is 84.9 Å². The number of rotatable bonds is 16. The maximum atomic E-state index is 12.4. The van der Waals surface area contributed by atoms with Crippen molar-refractivity contribution in [3.05, 3.63) is 143 Å². The first-order chi connectivity index (χ1) is 41.9. The first-order valence-electron chi connectivity index (χ1n) is 28.2. The summed E-state index contributed by atoms with van der Waals surface area (Å²) >= 11 is 16.9. The number of amides is 12.